The van der Waals surface area contributed by atoms with Crippen molar-refractivity contribution >= 4 is 23.3 Å². The Morgan fingerprint density at radius 1 is 1.06 bits per heavy atom. The van der Waals surface area contributed by atoms with E-state index in [4.69, 9.17) is 0 Å². The van der Waals surface area contributed by atoms with Crippen molar-refractivity contribution in [2.45, 2.75) is 60.4 Å². The smallest absolute Gasteiger partial charge is 0.0748 e. The first kappa shape index (κ1) is 21.9. The predicted octanol–water partition coefficient (Wildman–Crippen LogP) is 3.72. The number of rotatable bonds is 7. The van der Waals surface area contributed by atoms with Gasteiger partial charge in [-0.1, -0.05) is 73.5 Å². The van der Waals surface area contributed by atoms with Crippen LogP contribution >= 0.6 is 11.8 Å². The number of aliphatic hydroxyl groups excluding tert-OH is 2. The van der Waals surface area contributed by atoms with Crippen molar-refractivity contribution in [3.63, 3.8) is 0 Å². The standard InChI is InChI=1S/C26H28O4S/c27-19(16-20(28)17-24(29)30)12-13-22-25(18-8-2-1-3-9-18)21-10-4-5-11-23(21)31-26(22)14-6-7-15-26/h1-5,8-13,19-20,27-28H,6-7,14-17H2,(H,29,30)/p-1/b13-12+/t19-,20-/m1/s1. The van der Waals surface area contributed by atoms with E-state index in [1.165, 1.54) is 34.4 Å². The van der Waals surface area contributed by atoms with Crippen molar-refractivity contribution in [1.82, 2.24) is 0 Å². The van der Waals surface area contributed by atoms with Crippen LogP contribution in [-0.2, 0) is 4.79 Å². The van der Waals surface area contributed by atoms with Gasteiger partial charge in [-0.25, -0.2) is 0 Å². The number of fused-ring (bicyclic) bond motifs is 1. The van der Waals surface area contributed by atoms with Gasteiger partial charge in [-0.15, -0.1) is 11.8 Å². The van der Waals surface area contributed by atoms with Crippen molar-refractivity contribution in [3.8, 4) is 0 Å². The van der Waals surface area contributed by atoms with E-state index in [2.05, 4.69) is 36.4 Å². The molecule has 4 rings (SSSR count). The third kappa shape index (κ3) is 4.79. The van der Waals surface area contributed by atoms with Crippen molar-refractivity contribution in [3.05, 3.63) is 83.4 Å². The molecule has 0 bridgehead atoms. The summed E-state index contributed by atoms with van der Waals surface area (Å²) >= 11 is 1.92. The number of carboxylic acids is 1. The van der Waals surface area contributed by atoms with Gasteiger partial charge in [0.25, 0.3) is 0 Å². The fourth-order valence-electron chi connectivity index (χ4n) is 4.71. The van der Waals surface area contributed by atoms with E-state index < -0.39 is 24.6 Å². The monoisotopic (exact) mass is 435 g/mol. The number of benzene rings is 2. The van der Waals surface area contributed by atoms with E-state index in [-0.39, 0.29) is 11.2 Å². The normalized spacial score (nSPS) is 19.5. The second-order valence-corrected chi connectivity index (χ2v) is 9.77. The quantitative estimate of drug-likeness (QED) is 0.693. The Labute approximate surface area is 187 Å². The second-order valence-electron chi connectivity index (χ2n) is 8.35. The molecule has 1 aliphatic carbocycles. The summed E-state index contributed by atoms with van der Waals surface area (Å²) in [6, 6.07) is 18.8. The molecule has 2 aromatic rings. The Balaban J connectivity index is 1.77. The number of thioether (sulfide) groups is 1. The average molecular weight is 436 g/mol. The highest BCUT2D eigenvalue weighted by Crippen LogP contribution is 2.57. The maximum atomic E-state index is 10.7. The molecular weight excluding hydrogens is 408 g/mol. The van der Waals surface area contributed by atoms with E-state index in [0.717, 1.165) is 18.4 Å². The van der Waals surface area contributed by atoms with Crippen molar-refractivity contribution in [1.29, 1.82) is 0 Å². The summed E-state index contributed by atoms with van der Waals surface area (Å²) < 4.78 is -0.0423. The fraction of sp³-hybridized carbons (Fsp3) is 0.346. The fourth-order valence-corrected chi connectivity index (χ4v) is 6.33. The number of allylic oxidation sites excluding steroid dienone is 1. The number of carboxylic acid groups (broad SMARTS) is 1. The zero-order valence-electron chi connectivity index (χ0n) is 17.4. The molecule has 1 fully saturated rings. The van der Waals surface area contributed by atoms with Crippen LogP contribution in [0.25, 0.3) is 5.57 Å². The first-order valence-electron chi connectivity index (χ1n) is 10.8. The van der Waals surface area contributed by atoms with Gasteiger partial charge in [0.15, 0.2) is 0 Å². The summed E-state index contributed by atoms with van der Waals surface area (Å²) in [5.41, 5.74) is 4.74. The Morgan fingerprint density at radius 3 is 2.45 bits per heavy atom. The number of aliphatic hydroxyl groups is 2. The summed E-state index contributed by atoms with van der Waals surface area (Å²) in [4.78, 5) is 12.0. The molecule has 162 valence electrons. The molecule has 1 saturated carbocycles. The van der Waals surface area contributed by atoms with Crippen molar-refractivity contribution in [2.75, 3.05) is 0 Å². The third-order valence-electron chi connectivity index (χ3n) is 6.10. The molecule has 0 radical (unpaired) electrons. The zero-order chi connectivity index (χ0) is 21.8. The van der Waals surface area contributed by atoms with Crippen LogP contribution in [0.1, 0.15) is 49.7 Å². The van der Waals surface area contributed by atoms with Crippen LogP contribution in [0.2, 0.25) is 0 Å². The lowest BCUT2D eigenvalue weighted by atomic mass is 9.83. The molecule has 4 nitrogen and oxygen atoms in total. The van der Waals surface area contributed by atoms with Crippen LogP contribution in [-0.4, -0.2) is 33.1 Å². The number of hydrogen-bond donors (Lipinski definition) is 2. The molecule has 2 atom stereocenters. The summed E-state index contributed by atoms with van der Waals surface area (Å²) in [6.07, 6.45) is 5.62. The van der Waals surface area contributed by atoms with Crippen LogP contribution in [0, 0.1) is 0 Å². The molecule has 0 saturated heterocycles. The number of carbonyl (C=O) groups is 1. The summed E-state index contributed by atoms with van der Waals surface area (Å²) in [7, 11) is 0. The molecule has 1 heterocycles. The van der Waals surface area contributed by atoms with E-state index in [9.17, 15) is 20.1 Å². The van der Waals surface area contributed by atoms with Gasteiger partial charge in [0.05, 0.1) is 12.2 Å². The molecule has 0 aromatic heterocycles. The van der Waals surface area contributed by atoms with Crippen molar-refractivity contribution < 1.29 is 20.1 Å². The summed E-state index contributed by atoms with van der Waals surface area (Å²) in [5.74, 6) is -1.32. The topological polar surface area (TPSA) is 80.6 Å². The highest BCUT2D eigenvalue weighted by Gasteiger charge is 2.42. The lowest BCUT2D eigenvalue weighted by Crippen LogP contribution is -2.29. The molecule has 31 heavy (non-hydrogen) atoms. The minimum atomic E-state index is -1.32. The lowest BCUT2D eigenvalue weighted by Gasteiger charge is -2.38. The van der Waals surface area contributed by atoms with Crippen LogP contribution in [0.3, 0.4) is 0 Å². The Morgan fingerprint density at radius 2 is 1.74 bits per heavy atom. The van der Waals surface area contributed by atoms with Crippen LogP contribution < -0.4 is 5.11 Å². The molecule has 2 N–H and O–H groups in total. The van der Waals surface area contributed by atoms with Gasteiger partial charge in [0, 0.05) is 28.5 Å². The summed E-state index contributed by atoms with van der Waals surface area (Å²) in [6.45, 7) is 0. The SMILES string of the molecule is O=C([O-])C[C@H](O)C[C@H](O)/C=C/C1=C(c2ccccc2)c2ccccc2SC12CCCC2. The van der Waals surface area contributed by atoms with E-state index in [1.54, 1.807) is 6.08 Å². The zero-order valence-corrected chi connectivity index (χ0v) is 18.2. The second kappa shape index (κ2) is 9.43. The van der Waals surface area contributed by atoms with E-state index in [0.29, 0.717) is 0 Å². The number of aliphatic carboxylic acids is 1. The predicted molar refractivity (Wildman–Crippen MR) is 121 cm³/mol. The van der Waals surface area contributed by atoms with E-state index in [1.807, 2.05) is 36.0 Å². The Kier molecular flexibility index (Phi) is 6.65. The first-order valence-corrected chi connectivity index (χ1v) is 11.6. The first-order chi connectivity index (χ1) is 15.0. The summed E-state index contributed by atoms with van der Waals surface area (Å²) in [5, 5.41) is 31.0. The third-order valence-corrected chi connectivity index (χ3v) is 7.69. The van der Waals surface area contributed by atoms with Crippen LogP contribution in [0.4, 0.5) is 0 Å². The average Bonchev–Trinajstić information content (AvgIpc) is 3.20. The largest absolute Gasteiger partial charge is 0.550 e. The molecule has 1 aliphatic heterocycles. The van der Waals surface area contributed by atoms with Crippen molar-refractivity contribution in [2.24, 2.45) is 0 Å². The van der Waals surface area contributed by atoms with Gasteiger partial charge >= 0.3 is 0 Å². The highest BCUT2D eigenvalue weighted by atomic mass is 32.2. The number of hydrogen-bond acceptors (Lipinski definition) is 5. The van der Waals surface area contributed by atoms with Gasteiger partial charge in [-0.2, -0.15) is 0 Å². The molecule has 1 spiro atoms. The minimum Gasteiger partial charge on any atom is -0.550 e. The van der Waals surface area contributed by atoms with Gasteiger partial charge in [-0.05, 0) is 41.2 Å². The number of carbonyl (C=O) groups excluding carboxylic acids is 1. The van der Waals surface area contributed by atoms with Gasteiger partial charge in [-0.3, -0.25) is 0 Å². The molecule has 0 unspecified atom stereocenters. The minimum absolute atomic E-state index is 0.0326. The van der Waals surface area contributed by atoms with Crippen LogP contribution in [0.15, 0.2) is 77.2 Å². The van der Waals surface area contributed by atoms with Crippen LogP contribution in [0.5, 0.6) is 0 Å². The van der Waals surface area contributed by atoms with Gasteiger partial charge in [0.2, 0.25) is 0 Å². The van der Waals surface area contributed by atoms with Gasteiger partial charge < -0.3 is 20.1 Å². The Bertz CT molecular complexity index is 989. The lowest BCUT2D eigenvalue weighted by molar-refractivity contribution is -0.307. The highest BCUT2D eigenvalue weighted by molar-refractivity contribution is 8.01. The molecule has 5 heteroatoms. The maximum Gasteiger partial charge on any atom is 0.0748 e. The maximum absolute atomic E-state index is 10.7. The molecule has 0 amide bonds. The molecular formula is C26H27O4S-. The molecule has 2 aromatic carbocycles. The van der Waals surface area contributed by atoms with E-state index >= 15 is 0 Å². The molecule has 2 aliphatic rings. The Hall–Kier alpha value is -2.34. The van der Waals surface area contributed by atoms with Gasteiger partial charge in [0.1, 0.15) is 0 Å².